The lowest BCUT2D eigenvalue weighted by Gasteiger charge is -2.26. The van der Waals surface area contributed by atoms with Gasteiger partial charge in [0.2, 0.25) is 0 Å². The molecule has 3 nitrogen and oxygen atoms in total. The summed E-state index contributed by atoms with van der Waals surface area (Å²) in [5.41, 5.74) is 1.13. The Balaban J connectivity index is 2.24. The molecular weight excluding hydrogens is 178 g/mol. The largest absolute Gasteiger partial charge is 0.378 e. The van der Waals surface area contributed by atoms with E-state index in [2.05, 4.69) is 18.8 Å². The topological polar surface area (TPSA) is 30.5 Å². The second kappa shape index (κ2) is 5.49. The van der Waals surface area contributed by atoms with Crippen molar-refractivity contribution >= 4 is 0 Å². The fraction of sp³-hybridized carbons (Fsp3) is 0.818. The lowest BCUT2D eigenvalue weighted by molar-refractivity contribution is -0.0152. The van der Waals surface area contributed by atoms with Gasteiger partial charge < -0.3 is 14.8 Å². The first-order valence-corrected chi connectivity index (χ1v) is 5.23. The molecule has 1 N–H and O–H groups in total. The minimum atomic E-state index is -0.103. The number of nitrogens with one attached hydrogen (secondary N) is 1. The lowest BCUT2D eigenvalue weighted by Crippen LogP contribution is -2.43. The highest BCUT2D eigenvalue weighted by molar-refractivity contribution is 4.96. The maximum atomic E-state index is 5.50. The second-order valence-electron chi connectivity index (χ2n) is 3.90. The summed E-state index contributed by atoms with van der Waals surface area (Å²) in [5, 5.41) is 3.37. The highest BCUT2D eigenvalue weighted by Gasteiger charge is 2.34. The Morgan fingerprint density at radius 1 is 1.64 bits per heavy atom. The van der Waals surface area contributed by atoms with Crippen LogP contribution in [0.5, 0.6) is 0 Å². The van der Waals surface area contributed by atoms with Gasteiger partial charge in [-0.15, -0.1) is 0 Å². The summed E-state index contributed by atoms with van der Waals surface area (Å²) in [6.45, 7) is 9.31. The van der Waals surface area contributed by atoms with E-state index in [1.807, 2.05) is 0 Å². The summed E-state index contributed by atoms with van der Waals surface area (Å²) in [6, 6.07) is 0. The Morgan fingerprint density at radius 3 is 2.93 bits per heavy atom. The van der Waals surface area contributed by atoms with E-state index in [4.69, 9.17) is 9.47 Å². The van der Waals surface area contributed by atoms with Crippen molar-refractivity contribution in [3.63, 3.8) is 0 Å². The van der Waals surface area contributed by atoms with Gasteiger partial charge in [-0.25, -0.2) is 0 Å². The van der Waals surface area contributed by atoms with Crippen LogP contribution < -0.4 is 5.32 Å². The first-order valence-electron chi connectivity index (χ1n) is 5.23. The minimum Gasteiger partial charge on any atom is -0.378 e. The number of hydrogen-bond donors (Lipinski definition) is 1. The normalized spacial score (nSPS) is 26.7. The summed E-state index contributed by atoms with van der Waals surface area (Å²) in [5.74, 6) is 0. The van der Waals surface area contributed by atoms with Gasteiger partial charge in [0.05, 0.1) is 6.61 Å². The van der Waals surface area contributed by atoms with E-state index >= 15 is 0 Å². The molecule has 1 atom stereocenters. The van der Waals surface area contributed by atoms with Crippen molar-refractivity contribution in [1.82, 2.24) is 5.32 Å². The van der Waals surface area contributed by atoms with Crippen molar-refractivity contribution in [2.75, 3.05) is 33.4 Å². The molecule has 1 saturated heterocycles. The van der Waals surface area contributed by atoms with Gasteiger partial charge >= 0.3 is 0 Å². The van der Waals surface area contributed by atoms with E-state index in [9.17, 15) is 0 Å². The summed E-state index contributed by atoms with van der Waals surface area (Å²) in [6.07, 6.45) is 2.01. The molecule has 82 valence electrons. The zero-order valence-electron chi connectivity index (χ0n) is 9.27. The van der Waals surface area contributed by atoms with Crippen LogP contribution in [0.1, 0.15) is 19.8 Å². The summed E-state index contributed by atoms with van der Waals surface area (Å²) >= 11 is 0. The van der Waals surface area contributed by atoms with Crippen molar-refractivity contribution in [2.24, 2.45) is 0 Å². The van der Waals surface area contributed by atoms with Gasteiger partial charge in [0.15, 0.2) is 0 Å². The monoisotopic (exact) mass is 199 g/mol. The average molecular weight is 199 g/mol. The number of ether oxygens (including phenoxy) is 2. The molecule has 0 saturated carbocycles. The van der Waals surface area contributed by atoms with Crippen LogP contribution in [-0.4, -0.2) is 39.0 Å². The molecule has 0 aromatic rings. The highest BCUT2D eigenvalue weighted by atomic mass is 16.5. The molecule has 14 heavy (non-hydrogen) atoms. The van der Waals surface area contributed by atoms with Crippen molar-refractivity contribution in [3.05, 3.63) is 12.2 Å². The first-order chi connectivity index (χ1) is 6.72. The molecule has 0 bridgehead atoms. The second-order valence-corrected chi connectivity index (χ2v) is 3.90. The number of rotatable bonds is 6. The summed E-state index contributed by atoms with van der Waals surface area (Å²) < 4.78 is 10.8. The van der Waals surface area contributed by atoms with Gasteiger partial charge in [-0.3, -0.25) is 0 Å². The Morgan fingerprint density at radius 2 is 2.43 bits per heavy atom. The summed E-state index contributed by atoms with van der Waals surface area (Å²) in [4.78, 5) is 0. The molecule has 0 aromatic carbocycles. The van der Waals surface area contributed by atoms with Gasteiger partial charge in [0.25, 0.3) is 0 Å². The Hall–Kier alpha value is -0.380. The third-order valence-electron chi connectivity index (χ3n) is 2.82. The maximum Gasteiger partial charge on any atom is 0.106 e. The van der Waals surface area contributed by atoms with Crippen LogP contribution in [0.4, 0.5) is 0 Å². The van der Waals surface area contributed by atoms with Crippen molar-refractivity contribution < 1.29 is 9.47 Å². The van der Waals surface area contributed by atoms with E-state index in [0.29, 0.717) is 6.61 Å². The minimum absolute atomic E-state index is 0.103. The zero-order valence-corrected chi connectivity index (χ0v) is 9.27. The van der Waals surface area contributed by atoms with Crippen LogP contribution in [0.2, 0.25) is 0 Å². The van der Waals surface area contributed by atoms with E-state index < -0.39 is 0 Å². The Kier molecular flexibility index (Phi) is 4.58. The molecule has 3 heteroatoms. The number of hydrogen-bond acceptors (Lipinski definition) is 3. The van der Waals surface area contributed by atoms with Crippen molar-refractivity contribution in [1.29, 1.82) is 0 Å². The first kappa shape index (κ1) is 11.7. The molecule has 0 radical (unpaired) electrons. The SMILES string of the molecule is C=C(CC)CNCC1(OC)CCOC1. The highest BCUT2D eigenvalue weighted by Crippen LogP contribution is 2.21. The molecule has 1 aliphatic heterocycles. The predicted octanol–water partition coefficient (Wildman–Crippen LogP) is 1.35. The standard InChI is InChI=1S/C11H21NO2/c1-4-10(2)7-12-8-11(13-3)5-6-14-9-11/h12H,2,4-9H2,1,3H3. The van der Waals surface area contributed by atoms with Gasteiger partial charge in [-0.05, 0) is 6.42 Å². The van der Waals surface area contributed by atoms with Crippen LogP contribution >= 0.6 is 0 Å². The van der Waals surface area contributed by atoms with E-state index in [-0.39, 0.29) is 5.60 Å². The maximum absolute atomic E-state index is 5.50. The molecule has 1 unspecified atom stereocenters. The molecule has 1 rings (SSSR count). The van der Waals surface area contributed by atoms with Crippen molar-refractivity contribution in [3.8, 4) is 0 Å². The third-order valence-corrected chi connectivity index (χ3v) is 2.82. The molecule has 0 aliphatic carbocycles. The van der Waals surface area contributed by atoms with E-state index in [1.165, 1.54) is 5.57 Å². The van der Waals surface area contributed by atoms with Crippen LogP contribution in [-0.2, 0) is 9.47 Å². The summed E-state index contributed by atoms with van der Waals surface area (Å²) in [7, 11) is 1.75. The zero-order chi connectivity index (χ0) is 10.4. The molecule has 0 aromatic heterocycles. The molecule has 1 aliphatic rings. The van der Waals surface area contributed by atoms with Crippen LogP contribution in [0.3, 0.4) is 0 Å². The Bertz CT molecular complexity index is 186. The van der Waals surface area contributed by atoms with E-state index in [1.54, 1.807) is 7.11 Å². The average Bonchev–Trinajstić information content (AvgIpc) is 2.67. The van der Waals surface area contributed by atoms with Crippen LogP contribution in [0.25, 0.3) is 0 Å². The molecular formula is C11H21NO2. The Labute approximate surface area is 86.5 Å². The van der Waals surface area contributed by atoms with Crippen molar-refractivity contribution in [2.45, 2.75) is 25.4 Å². The molecule has 0 amide bonds. The quantitative estimate of drug-likeness (QED) is 0.655. The van der Waals surface area contributed by atoms with Crippen LogP contribution in [0, 0.1) is 0 Å². The van der Waals surface area contributed by atoms with Gasteiger partial charge in [-0.2, -0.15) is 0 Å². The van der Waals surface area contributed by atoms with Gasteiger partial charge in [-0.1, -0.05) is 19.1 Å². The smallest absolute Gasteiger partial charge is 0.106 e. The third kappa shape index (κ3) is 3.08. The lowest BCUT2D eigenvalue weighted by atomic mass is 10.0. The fourth-order valence-corrected chi connectivity index (χ4v) is 1.55. The molecule has 1 fully saturated rings. The number of methoxy groups -OCH3 is 1. The molecule has 1 heterocycles. The molecule has 0 spiro atoms. The van der Waals surface area contributed by atoms with E-state index in [0.717, 1.165) is 32.5 Å². The fourth-order valence-electron chi connectivity index (χ4n) is 1.55. The predicted molar refractivity (Wildman–Crippen MR) is 57.5 cm³/mol. The van der Waals surface area contributed by atoms with Crippen LogP contribution in [0.15, 0.2) is 12.2 Å². The van der Waals surface area contributed by atoms with Gasteiger partial charge in [0, 0.05) is 33.2 Å². The van der Waals surface area contributed by atoms with Gasteiger partial charge in [0.1, 0.15) is 5.60 Å².